The highest BCUT2D eigenvalue weighted by atomic mass is 16.6. The van der Waals surface area contributed by atoms with Crippen LogP contribution in [-0.4, -0.2) is 80.9 Å². The number of nitro groups is 1. The Morgan fingerprint density at radius 3 is 1.42 bits per heavy atom. The van der Waals surface area contributed by atoms with Crippen LogP contribution in [0.3, 0.4) is 0 Å². The van der Waals surface area contributed by atoms with Gasteiger partial charge in [0.1, 0.15) is 42.0 Å². The van der Waals surface area contributed by atoms with Crippen molar-refractivity contribution in [2.45, 2.75) is 58.9 Å². The highest BCUT2D eigenvalue weighted by molar-refractivity contribution is 5.56. The molecule has 11 heteroatoms. The molecule has 1 aliphatic carbocycles. The molecule has 0 saturated carbocycles. The minimum Gasteiger partial charge on any atom is -0.508 e. The molecule has 0 unspecified atom stereocenters. The SMILES string of the molecule is CCCOc1c2cccc1Cc1cccc3c1OCCOCCN(Cc1cc([N+](=O)[O-])ccc1O)CCOCCOc1c(cccc1Cc1cccc(c1OCCC)C3)C2. The van der Waals surface area contributed by atoms with E-state index in [1.807, 2.05) is 0 Å². The average Bonchev–Trinajstić information content (AvgIpc) is 3.24. The van der Waals surface area contributed by atoms with E-state index < -0.39 is 4.92 Å². The fraction of sp³-hybridized carbons (Fsp3) is 0.388. The van der Waals surface area contributed by atoms with Gasteiger partial charge in [-0.3, -0.25) is 15.0 Å². The zero-order chi connectivity index (χ0) is 41.7. The normalized spacial score (nSPS) is 15.3. The minimum atomic E-state index is -0.454. The average molecular weight is 817 g/mol. The number of hydrogen-bond acceptors (Lipinski definition) is 10. The molecular weight excluding hydrogens is 761 g/mol. The van der Waals surface area contributed by atoms with Gasteiger partial charge in [-0.2, -0.15) is 0 Å². The first-order valence-corrected chi connectivity index (χ1v) is 21.2. The Morgan fingerprint density at radius 1 is 0.600 bits per heavy atom. The molecule has 0 aromatic heterocycles. The summed E-state index contributed by atoms with van der Waals surface area (Å²) in [7, 11) is 0. The van der Waals surface area contributed by atoms with Gasteiger partial charge in [0, 0.05) is 63.0 Å². The predicted molar refractivity (Wildman–Crippen MR) is 231 cm³/mol. The third-order valence-electron chi connectivity index (χ3n) is 10.9. The molecule has 3 aliphatic rings. The monoisotopic (exact) mass is 816 g/mol. The topological polar surface area (TPSA) is 122 Å². The maximum absolute atomic E-state index is 11.5. The Bertz CT molecular complexity index is 2020. The van der Waals surface area contributed by atoms with E-state index in [2.05, 4.69) is 91.5 Å². The molecular formula is C49H56N2O9. The summed E-state index contributed by atoms with van der Waals surface area (Å²) in [6.07, 6.45) is 4.20. The quantitative estimate of drug-likeness (QED) is 0.0861. The molecule has 0 saturated heterocycles. The smallest absolute Gasteiger partial charge is 0.270 e. The lowest BCUT2D eigenvalue weighted by Gasteiger charge is -2.24. The number of hydrogen-bond donors (Lipinski definition) is 1. The standard InChI is InChI=1S/C49H56N2O9/c1-3-21-57-46-35-9-5-10-36(46)30-40-14-8-16-42-32-38-12-6-11-37(47(38)58-22-4-2)31-41-15-7-13-39(29-35)48(41)59-27-25-55-23-19-50(20-24-56-26-28-60-49(40)42)34-43-33-44(51(53)54)17-18-45(43)52/h5-18,33,52H,3-4,19-32,34H2,1-2H3. The second-order valence-electron chi connectivity index (χ2n) is 15.3. The van der Waals surface area contributed by atoms with E-state index >= 15 is 0 Å². The number of para-hydroxylation sites is 4. The second-order valence-corrected chi connectivity index (χ2v) is 15.3. The molecule has 8 rings (SSSR count). The Kier molecular flexibility index (Phi) is 14.9. The molecule has 0 radical (unpaired) electrons. The van der Waals surface area contributed by atoms with Crippen molar-refractivity contribution in [3.8, 4) is 28.7 Å². The van der Waals surface area contributed by atoms with Crippen molar-refractivity contribution >= 4 is 5.69 Å². The molecule has 0 amide bonds. The van der Waals surface area contributed by atoms with Gasteiger partial charge in [0.2, 0.25) is 0 Å². The van der Waals surface area contributed by atoms with Gasteiger partial charge in [0.25, 0.3) is 5.69 Å². The van der Waals surface area contributed by atoms with Crippen molar-refractivity contribution in [3.05, 3.63) is 151 Å². The predicted octanol–water partition coefficient (Wildman–Crippen LogP) is 8.86. The molecule has 5 aromatic carbocycles. The van der Waals surface area contributed by atoms with Gasteiger partial charge in [-0.25, -0.2) is 0 Å². The van der Waals surface area contributed by atoms with Gasteiger partial charge >= 0.3 is 0 Å². The zero-order valence-corrected chi connectivity index (χ0v) is 34.8. The summed E-state index contributed by atoms with van der Waals surface area (Å²) in [6, 6.07) is 29.7. The van der Waals surface area contributed by atoms with Crippen LogP contribution in [0.1, 0.15) is 76.8 Å². The van der Waals surface area contributed by atoms with Crippen LogP contribution in [0.4, 0.5) is 5.69 Å². The van der Waals surface area contributed by atoms with E-state index in [0.717, 1.165) is 80.3 Å². The Morgan fingerprint density at radius 2 is 1.02 bits per heavy atom. The molecule has 2 aliphatic heterocycles. The van der Waals surface area contributed by atoms with Crippen LogP contribution < -0.4 is 18.9 Å². The molecule has 1 N–H and O–H groups in total. The third kappa shape index (κ3) is 10.8. The van der Waals surface area contributed by atoms with Crippen LogP contribution in [0.15, 0.2) is 91.0 Å². The first-order valence-electron chi connectivity index (χ1n) is 21.2. The van der Waals surface area contributed by atoms with Crippen molar-refractivity contribution in [2.75, 3.05) is 65.9 Å². The number of nitro benzene ring substituents is 1. The number of non-ortho nitro benzene ring substituents is 1. The molecule has 11 nitrogen and oxygen atoms in total. The molecule has 316 valence electrons. The highest BCUT2D eigenvalue weighted by Crippen LogP contribution is 2.39. The Labute approximate surface area is 352 Å². The van der Waals surface area contributed by atoms with E-state index in [9.17, 15) is 15.2 Å². The van der Waals surface area contributed by atoms with Crippen molar-refractivity contribution in [3.63, 3.8) is 0 Å². The molecule has 2 heterocycles. The third-order valence-corrected chi connectivity index (χ3v) is 10.9. The van der Waals surface area contributed by atoms with Gasteiger partial charge in [-0.05, 0) is 63.4 Å². The van der Waals surface area contributed by atoms with Crippen LogP contribution in [0.5, 0.6) is 28.7 Å². The lowest BCUT2D eigenvalue weighted by atomic mass is 9.91. The molecule has 60 heavy (non-hydrogen) atoms. The summed E-state index contributed by atoms with van der Waals surface area (Å²) < 4.78 is 39.0. The van der Waals surface area contributed by atoms with Crippen molar-refractivity contribution in [2.24, 2.45) is 0 Å². The van der Waals surface area contributed by atoms with Crippen LogP contribution in [-0.2, 0) is 41.7 Å². The van der Waals surface area contributed by atoms with Gasteiger partial charge in [-0.1, -0.05) is 86.6 Å². The van der Waals surface area contributed by atoms with E-state index in [4.69, 9.17) is 28.4 Å². The Balaban J connectivity index is 1.29. The minimum absolute atomic E-state index is 0.00454. The van der Waals surface area contributed by atoms with Gasteiger partial charge in [0.15, 0.2) is 0 Å². The molecule has 10 bridgehead atoms. The molecule has 0 fully saturated rings. The largest absolute Gasteiger partial charge is 0.508 e. The number of ether oxygens (including phenoxy) is 6. The summed E-state index contributed by atoms with van der Waals surface area (Å²) in [5.74, 6) is 3.46. The summed E-state index contributed by atoms with van der Waals surface area (Å²) >= 11 is 0. The van der Waals surface area contributed by atoms with E-state index in [-0.39, 0.29) is 18.0 Å². The summed E-state index contributed by atoms with van der Waals surface area (Å²) in [4.78, 5) is 13.1. The summed E-state index contributed by atoms with van der Waals surface area (Å²) in [5, 5.41) is 22.1. The van der Waals surface area contributed by atoms with Crippen LogP contribution in [0, 0.1) is 10.1 Å². The summed E-state index contributed by atoms with van der Waals surface area (Å²) in [5.41, 5.74) is 8.97. The van der Waals surface area contributed by atoms with Gasteiger partial charge in [-0.15, -0.1) is 0 Å². The van der Waals surface area contributed by atoms with Gasteiger partial charge in [0.05, 0.1) is 44.6 Å². The fourth-order valence-corrected chi connectivity index (χ4v) is 7.96. The van der Waals surface area contributed by atoms with Crippen molar-refractivity contribution in [1.82, 2.24) is 4.90 Å². The maximum atomic E-state index is 11.5. The first-order chi connectivity index (χ1) is 29.4. The van der Waals surface area contributed by atoms with E-state index in [1.54, 1.807) is 0 Å². The fourth-order valence-electron chi connectivity index (χ4n) is 7.96. The molecule has 0 spiro atoms. The number of phenols is 1. The Hall–Kier alpha value is -5.62. The summed E-state index contributed by atoms with van der Waals surface area (Å²) in [6.45, 7) is 8.87. The van der Waals surface area contributed by atoms with Crippen LogP contribution >= 0.6 is 0 Å². The maximum Gasteiger partial charge on any atom is 0.270 e. The molecule has 5 aromatic rings. The van der Waals surface area contributed by atoms with E-state index in [0.29, 0.717) is 97.2 Å². The zero-order valence-electron chi connectivity index (χ0n) is 34.8. The van der Waals surface area contributed by atoms with Crippen molar-refractivity contribution < 1.29 is 38.5 Å². The van der Waals surface area contributed by atoms with Crippen LogP contribution in [0.25, 0.3) is 0 Å². The number of aromatic hydroxyl groups is 1. The van der Waals surface area contributed by atoms with Crippen molar-refractivity contribution in [1.29, 1.82) is 0 Å². The van der Waals surface area contributed by atoms with E-state index in [1.165, 1.54) is 18.2 Å². The number of fused-ring (bicyclic) bond motifs is 12. The lowest BCUT2D eigenvalue weighted by Crippen LogP contribution is -2.31. The number of benzene rings is 5. The number of nitrogens with zero attached hydrogens (tertiary/aromatic N) is 2. The lowest BCUT2D eigenvalue weighted by molar-refractivity contribution is -0.385. The number of phenolic OH excluding ortho intramolecular Hbond substituents is 1. The molecule has 0 atom stereocenters. The number of rotatable bonds is 9. The van der Waals surface area contributed by atoms with Crippen LogP contribution in [0.2, 0.25) is 0 Å². The second kappa shape index (κ2) is 21.1. The van der Waals surface area contributed by atoms with Gasteiger partial charge < -0.3 is 33.5 Å². The highest BCUT2D eigenvalue weighted by Gasteiger charge is 2.22. The first kappa shape index (κ1) is 42.5.